The quantitative estimate of drug-likeness (QED) is 0.526. The second kappa shape index (κ2) is 6.33. The first-order valence-electron chi connectivity index (χ1n) is 7.89. The number of imidazole rings is 1. The van der Waals surface area contributed by atoms with Crippen LogP contribution in [0.25, 0.3) is 22.6 Å². The van der Waals surface area contributed by atoms with Crippen molar-refractivity contribution in [3.05, 3.63) is 28.6 Å². The molecule has 3 rings (SSSR count). The normalized spacial score (nSPS) is 12.2. The van der Waals surface area contributed by atoms with Gasteiger partial charge in [0.25, 0.3) is 5.56 Å². The summed E-state index contributed by atoms with van der Waals surface area (Å²) in [4.78, 5) is 26.0. The number of nitrogens with zero attached hydrogens (tertiary/aromatic N) is 4. The zero-order valence-corrected chi connectivity index (χ0v) is 15.4. The number of hydrogen-bond acceptors (Lipinski definition) is 5. The fraction of sp³-hybridized carbons (Fsp3) is 0.467. The van der Waals surface area contributed by atoms with E-state index in [0.29, 0.717) is 23.7 Å². The van der Waals surface area contributed by atoms with Crippen LogP contribution in [0.1, 0.15) is 5.69 Å². The number of H-pyrrole nitrogens is 2. The maximum atomic E-state index is 12.0. The van der Waals surface area contributed by atoms with E-state index in [-0.39, 0.29) is 5.56 Å². The predicted molar refractivity (Wildman–Crippen MR) is 94.6 cm³/mol. The van der Waals surface area contributed by atoms with Gasteiger partial charge in [-0.15, -0.1) is 0 Å². The first-order valence-corrected chi connectivity index (χ1v) is 11.6. The minimum Gasteiger partial charge on any atom is -0.360 e. The molecule has 24 heavy (non-hydrogen) atoms. The van der Waals surface area contributed by atoms with Crippen LogP contribution in [0.5, 0.6) is 0 Å². The van der Waals surface area contributed by atoms with Crippen LogP contribution in [0, 0.1) is 6.92 Å². The van der Waals surface area contributed by atoms with Crippen LogP contribution in [0.15, 0.2) is 17.3 Å². The molecule has 0 aliphatic rings. The number of aromatic nitrogens is 6. The Hall–Kier alpha value is -2.26. The third-order valence-electron chi connectivity index (χ3n) is 3.86. The predicted octanol–water partition coefficient (Wildman–Crippen LogP) is 2.13. The Balaban J connectivity index is 1.77. The van der Waals surface area contributed by atoms with E-state index in [4.69, 9.17) is 4.74 Å². The maximum Gasteiger partial charge on any atom is 0.277 e. The second-order valence-corrected chi connectivity index (χ2v) is 12.6. The zero-order valence-electron chi connectivity index (χ0n) is 14.4. The molecule has 3 aromatic rings. The molecule has 0 unspecified atom stereocenters. The average molecular weight is 346 g/mol. The molecule has 9 heteroatoms. The van der Waals surface area contributed by atoms with Crippen LogP contribution in [-0.4, -0.2) is 44.4 Å². The number of nitrogens with one attached hydrogen (secondary N) is 2. The van der Waals surface area contributed by atoms with Gasteiger partial charge in [0, 0.05) is 20.4 Å². The van der Waals surface area contributed by atoms with E-state index in [0.717, 1.165) is 23.9 Å². The molecule has 0 aliphatic heterocycles. The van der Waals surface area contributed by atoms with Gasteiger partial charge >= 0.3 is 0 Å². The second-order valence-electron chi connectivity index (χ2n) is 7.01. The van der Waals surface area contributed by atoms with Crippen molar-refractivity contribution in [1.29, 1.82) is 0 Å². The van der Waals surface area contributed by atoms with Crippen molar-refractivity contribution in [3.8, 4) is 11.4 Å². The van der Waals surface area contributed by atoms with Gasteiger partial charge in [0.15, 0.2) is 11.2 Å². The van der Waals surface area contributed by atoms with E-state index in [2.05, 4.69) is 44.7 Å². The van der Waals surface area contributed by atoms with Crippen molar-refractivity contribution in [2.75, 3.05) is 6.61 Å². The Kier molecular flexibility index (Phi) is 4.37. The summed E-state index contributed by atoms with van der Waals surface area (Å²) in [6, 6.07) is 1.12. The SMILES string of the molecule is Cc1c(-c2nc3nc[nH]c3c(=O)[nH]2)cnn1COCC[Si](C)(C)C. The monoisotopic (exact) mass is 346 g/mol. The van der Waals surface area contributed by atoms with Crippen LogP contribution in [0.2, 0.25) is 25.7 Å². The van der Waals surface area contributed by atoms with Crippen molar-refractivity contribution >= 4 is 19.2 Å². The third-order valence-corrected chi connectivity index (χ3v) is 5.57. The molecule has 0 bridgehead atoms. The Morgan fingerprint density at radius 2 is 2.12 bits per heavy atom. The molecule has 3 heterocycles. The van der Waals surface area contributed by atoms with E-state index in [1.165, 1.54) is 6.33 Å². The average Bonchev–Trinajstić information content (AvgIpc) is 3.10. The van der Waals surface area contributed by atoms with Gasteiger partial charge in [-0.05, 0) is 13.0 Å². The summed E-state index contributed by atoms with van der Waals surface area (Å²) in [5.41, 5.74) is 2.18. The van der Waals surface area contributed by atoms with Crippen LogP contribution in [0.3, 0.4) is 0 Å². The Labute approximate surface area is 140 Å². The van der Waals surface area contributed by atoms with Gasteiger partial charge in [0.2, 0.25) is 0 Å². The van der Waals surface area contributed by atoms with E-state index in [9.17, 15) is 4.79 Å². The first-order chi connectivity index (χ1) is 11.3. The molecular weight excluding hydrogens is 324 g/mol. The van der Waals surface area contributed by atoms with Crippen LogP contribution >= 0.6 is 0 Å². The Morgan fingerprint density at radius 3 is 2.88 bits per heavy atom. The van der Waals surface area contributed by atoms with Gasteiger partial charge in [-0.2, -0.15) is 5.10 Å². The molecule has 2 N–H and O–H groups in total. The van der Waals surface area contributed by atoms with Gasteiger partial charge in [-0.3, -0.25) is 4.79 Å². The molecule has 128 valence electrons. The molecule has 0 spiro atoms. The van der Waals surface area contributed by atoms with E-state index >= 15 is 0 Å². The molecule has 0 amide bonds. The van der Waals surface area contributed by atoms with Gasteiger partial charge in [-0.25, -0.2) is 14.6 Å². The highest BCUT2D eigenvalue weighted by Crippen LogP contribution is 2.19. The lowest BCUT2D eigenvalue weighted by Gasteiger charge is -2.15. The van der Waals surface area contributed by atoms with Crippen LogP contribution in [0.4, 0.5) is 0 Å². The molecule has 0 fully saturated rings. The highest BCUT2D eigenvalue weighted by molar-refractivity contribution is 6.76. The largest absolute Gasteiger partial charge is 0.360 e. The van der Waals surface area contributed by atoms with Crippen molar-refractivity contribution < 1.29 is 4.74 Å². The summed E-state index contributed by atoms with van der Waals surface area (Å²) in [7, 11) is -1.10. The number of ether oxygens (including phenoxy) is 1. The van der Waals surface area contributed by atoms with Crippen molar-refractivity contribution in [2.45, 2.75) is 39.3 Å². The Bertz CT molecular complexity index is 905. The Morgan fingerprint density at radius 1 is 1.33 bits per heavy atom. The number of rotatable bonds is 6. The van der Waals surface area contributed by atoms with Crippen LogP contribution < -0.4 is 5.56 Å². The molecule has 3 aromatic heterocycles. The highest BCUT2D eigenvalue weighted by Gasteiger charge is 2.15. The fourth-order valence-electron chi connectivity index (χ4n) is 2.31. The minimum absolute atomic E-state index is 0.244. The highest BCUT2D eigenvalue weighted by atomic mass is 28.3. The van der Waals surface area contributed by atoms with Crippen molar-refractivity contribution in [1.82, 2.24) is 29.7 Å². The fourth-order valence-corrected chi connectivity index (χ4v) is 3.07. The molecule has 0 saturated carbocycles. The summed E-state index contributed by atoms with van der Waals surface area (Å²) in [5, 5.41) is 4.34. The van der Waals surface area contributed by atoms with Crippen LogP contribution in [-0.2, 0) is 11.5 Å². The molecule has 0 atom stereocenters. The summed E-state index contributed by atoms with van der Waals surface area (Å²) in [6.07, 6.45) is 3.15. The first kappa shape index (κ1) is 16.6. The topological polar surface area (TPSA) is 101 Å². The third kappa shape index (κ3) is 3.46. The van der Waals surface area contributed by atoms with Gasteiger partial charge in [-0.1, -0.05) is 19.6 Å². The smallest absolute Gasteiger partial charge is 0.277 e. The maximum absolute atomic E-state index is 12.0. The van der Waals surface area contributed by atoms with E-state index in [1.54, 1.807) is 10.9 Å². The van der Waals surface area contributed by atoms with Gasteiger partial charge in [0.05, 0.1) is 18.1 Å². The lowest BCUT2D eigenvalue weighted by Crippen LogP contribution is -2.22. The summed E-state index contributed by atoms with van der Waals surface area (Å²) in [5.74, 6) is 0.463. The summed E-state index contributed by atoms with van der Waals surface area (Å²) >= 11 is 0. The number of fused-ring (bicyclic) bond motifs is 1. The van der Waals surface area contributed by atoms with E-state index in [1.807, 2.05) is 6.92 Å². The summed E-state index contributed by atoms with van der Waals surface area (Å²) in [6.45, 7) is 10.0. The lowest BCUT2D eigenvalue weighted by molar-refractivity contribution is 0.0772. The molecule has 8 nitrogen and oxygen atoms in total. The van der Waals surface area contributed by atoms with Crippen molar-refractivity contribution in [2.24, 2.45) is 0 Å². The molecule has 0 radical (unpaired) electrons. The van der Waals surface area contributed by atoms with Gasteiger partial charge in [0.1, 0.15) is 12.6 Å². The zero-order chi connectivity index (χ0) is 17.3. The van der Waals surface area contributed by atoms with Gasteiger partial charge < -0.3 is 14.7 Å². The number of aromatic amines is 2. The van der Waals surface area contributed by atoms with E-state index < -0.39 is 8.07 Å². The minimum atomic E-state index is -1.10. The van der Waals surface area contributed by atoms with Crippen molar-refractivity contribution in [3.63, 3.8) is 0 Å². The molecule has 0 aromatic carbocycles. The molecule has 0 saturated heterocycles. The summed E-state index contributed by atoms with van der Waals surface area (Å²) < 4.78 is 7.50. The lowest BCUT2D eigenvalue weighted by atomic mass is 10.2. The standard InChI is InChI=1S/C15H22N6O2Si/c1-10-11(7-18-21(10)9-23-5-6-24(2,3)4)13-19-14-12(15(22)20-13)16-8-17-14/h7-8H,5-6,9H2,1-4H3,(H2,16,17,19,20,22). The number of hydrogen-bond donors (Lipinski definition) is 2. The molecule has 0 aliphatic carbocycles. The molecular formula is C15H22N6O2Si.